The molecule has 0 atom stereocenters. The molecule has 0 aromatic carbocycles. The molecule has 1 heterocycles. The summed E-state index contributed by atoms with van der Waals surface area (Å²) < 4.78 is 1.54. The van der Waals surface area contributed by atoms with Gasteiger partial charge in [-0.15, -0.1) is 0 Å². The van der Waals surface area contributed by atoms with Gasteiger partial charge in [0.2, 0.25) is 0 Å². The summed E-state index contributed by atoms with van der Waals surface area (Å²) in [7, 11) is 1.74. The summed E-state index contributed by atoms with van der Waals surface area (Å²) in [6.07, 6.45) is 3.76. The van der Waals surface area contributed by atoms with Gasteiger partial charge in [0.25, 0.3) is 5.91 Å². The van der Waals surface area contributed by atoms with Crippen molar-refractivity contribution in [2.75, 3.05) is 12.3 Å². The van der Waals surface area contributed by atoms with Crippen molar-refractivity contribution in [2.45, 2.75) is 26.7 Å². The van der Waals surface area contributed by atoms with E-state index >= 15 is 0 Å². The van der Waals surface area contributed by atoms with Gasteiger partial charge >= 0.3 is 0 Å². The summed E-state index contributed by atoms with van der Waals surface area (Å²) in [4.78, 5) is 11.7. The van der Waals surface area contributed by atoms with Crippen molar-refractivity contribution in [2.24, 2.45) is 13.0 Å². The number of nitrogens with one attached hydrogen (secondary N) is 1. The highest BCUT2D eigenvalue weighted by Gasteiger charge is 2.14. The molecule has 0 aliphatic rings. The molecule has 0 bridgehead atoms. The van der Waals surface area contributed by atoms with Crippen LogP contribution < -0.4 is 11.1 Å². The lowest BCUT2D eigenvalue weighted by atomic mass is 10.0. The number of nitrogen functional groups attached to an aromatic ring is 1. The van der Waals surface area contributed by atoms with Gasteiger partial charge in [0.1, 0.15) is 0 Å². The quantitative estimate of drug-likeness (QED) is 0.788. The first-order valence-corrected chi connectivity index (χ1v) is 5.65. The van der Waals surface area contributed by atoms with Crippen LogP contribution in [0.5, 0.6) is 0 Å². The summed E-state index contributed by atoms with van der Waals surface area (Å²) in [6, 6.07) is 0. The number of amides is 1. The largest absolute Gasteiger partial charge is 0.396 e. The first kappa shape index (κ1) is 12.5. The molecule has 1 rings (SSSR count). The Labute approximate surface area is 96.0 Å². The molecule has 0 aliphatic heterocycles. The van der Waals surface area contributed by atoms with E-state index < -0.39 is 0 Å². The summed E-state index contributed by atoms with van der Waals surface area (Å²) in [6.45, 7) is 4.92. The van der Waals surface area contributed by atoms with Crippen molar-refractivity contribution >= 4 is 11.6 Å². The number of carbonyl (C=O) groups excluding carboxylic acids is 1. The van der Waals surface area contributed by atoms with Gasteiger partial charge in [-0.3, -0.25) is 9.48 Å². The molecule has 0 aliphatic carbocycles. The molecule has 5 nitrogen and oxygen atoms in total. The average Bonchev–Trinajstić information content (AvgIpc) is 2.59. The zero-order valence-electron chi connectivity index (χ0n) is 10.2. The van der Waals surface area contributed by atoms with Crippen LogP contribution in [-0.2, 0) is 7.05 Å². The van der Waals surface area contributed by atoms with Crippen LogP contribution in [0.25, 0.3) is 0 Å². The second kappa shape index (κ2) is 5.53. The van der Waals surface area contributed by atoms with E-state index in [4.69, 9.17) is 5.73 Å². The summed E-state index contributed by atoms with van der Waals surface area (Å²) in [5.74, 6) is 0.332. The van der Waals surface area contributed by atoms with Crippen molar-refractivity contribution in [3.63, 3.8) is 0 Å². The third-order valence-electron chi connectivity index (χ3n) is 2.78. The standard InChI is InChI=1S/C11H20N4O/c1-4-8(5-2)6-13-11(16)10-9(12)7-15(3)14-10/h7-8H,4-6,12H2,1-3H3,(H,13,16). The highest BCUT2D eigenvalue weighted by molar-refractivity contribution is 5.96. The molecule has 3 N–H and O–H groups in total. The molecule has 90 valence electrons. The third kappa shape index (κ3) is 2.98. The van der Waals surface area contributed by atoms with Crippen LogP contribution >= 0.6 is 0 Å². The van der Waals surface area contributed by atoms with E-state index in [-0.39, 0.29) is 5.91 Å². The zero-order valence-corrected chi connectivity index (χ0v) is 10.2. The maximum Gasteiger partial charge on any atom is 0.273 e. The van der Waals surface area contributed by atoms with E-state index in [9.17, 15) is 4.79 Å². The predicted molar refractivity (Wildman–Crippen MR) is 64.0 cm³/mol. The van der Waals surface area contributed by atoms with Crippen LogP contribution in [0.1, 0.15) is 37.2 Å². The molecule has 1 aromatic heterocycles. The lowest BCUT2D eigenvalue weighted by molar-refractivity contribution is 0.0941. The summed E-state index contributed by atoms with van der Waals surface area (Å²) in [5, 5.41) is 6.88. The van der Waals surface area contributed by atoms with Gasteiger partial charge in [0.05, 0.1) is 5.69 Å². The third-order valence-corrected chi connectivity index (χ3v) is 2.78. The van der Waals surface area contributed by atoms with E-state index in [1.54, 1.807) is 17.9 Å². The molecular weight excluding hydrogens is 204 g/mol. The number of hydrogen-bond donors (Lipinski definition) is 2. The minimum Gasteiger partial charge on any atom is -0.396 e. The van der Waals surface area contributed by atoms with E-state index in [2.05, 4.69) is 24.3 Å². The Kier molecular flexibility index (Phi) is 4.34. The minimum atomic E-state index is -0.190. The topological polar surface area (TPSA) is 72.9 Å². The first-order chi connectivity index (χ1) is 7.58. The van der Waals surface area contributed by atoms with Crippen LogP contribution in [0, 0.1) is 5.92 Å². The fraction of sp³-hybridized carbons (Fsp3) is 0.636. The van der Waals surface area contributed by atoms with E-state index in [1.807, 2.05) is 0 Å². The smallest absolute Gasteiger partial charge is 0.273 e. The van der Waals surface area contributed by atoms with Gasteiger partial charge in [-0.05, 0) is 5.92 Å². The molecule has 5 heteroatoms. The molecule has 16 heavy (non-hydrogen) atoms. The number of nitrogens with two attached hydrogens (primary N) is 1. The van der Waals surface area contributed by atoms with Crippen LogP contribution in [0.3, 0.4) is 0 Å². The minimum absolute atomic E-state index is 0.190. The number of aromatic nitrogens is 2. The number of anilines is 1. The fourth-order valence-corrected chi connectivity index (χ4v) is 1.58. The maximum atomic E-state index is 11.7. The van der Waals surface area contributed by atoms with Crippen molar-refractivity contribution in [1.29, 1.82) is 0 Å². The molecule has 0 fully saturated rings. The Balaban J connectivity index is 2.56. The lowest BCUT2D eigenvalue weighted by Crippen LogP contribution is -2.29. The Morgan fingerprint density at radius 3 is 2.62 bits per heavy atom. The number of rotatable bonds is 5. The van der Waals surface area contributed by atoms with Crippen LogP contribution in [0.15, 0.2) is 6.20 Å². The van der Waals surface area contributed by atoms with Crippen LogP contribution in [-0.4, -0.2) is 22.2 Å². The molecule has 0 saturated carbocycles. The number of aryl methyl sites for hydroxylation is 1. The van der Waals surface area contributed by atoms with Gasteiger partial charge in [0.15, 0.2) is 5.69 Å². The van der Waals surface area contributed by atoms with Gasteiger partial charge in [0, 0.05) is 19.8 Å². The highest BCUT2D eigenvalue weighted by Crippen LogP contribution is 2.09. The zero-order chi connectivity index (χ0) is 12.1. The molecule has 0 radical (unpaired) electrons. The highest BCUT2D eigenvalue weighted by atomic mass is 16.1. The van der Waals surface area contributed by atoms with Gasteiger partial charge in [-0.25, -0.2) is 0 Å². The molecule has 1 aromatic rings. The molecule has 0 saturated heterocycles. The second-order valence-electron chi connectivity index (χ2n) is 4.00. The van der Waals surface area contributed by atoms with E-state index in [0.29, 0.717) is 23.8 Å². The van der Waals surface area contributed by atoms with Gasteiger partial charge < -0.3 is 11.1 Å². The monoisotopic (exact) mass is 224 g/mol. The SMILES string of the molecule is CCC(CC)CNC(=O)c1nn(C)cc1N. The molecule has 0 spiro atoms. The van der Waals surface area contributed by atoms with Crippen LogP contribution in [0.4, 0.5) is 5.69 Å². The average molecular weight is 224 g/mol. The number of hydrogen-bond acceptors (Lipinski definition) is 3. The Morgan fingerprint density at radius 2 is 2.19 bits per heavy atom. The lowest BCUT2D eigenvalue weighted by Gasteiger charge is -2.12. The number of nitrogens with zero attached hydrogens (tertiary/aromatic N) is 2. The summed E-state index contributed by atoms with van der Waals surface area (Å²) >= 11 is 0. The summed E-state index contributed by atoms with van der Waals surface area (Å²) in [5.41, 5.74) is 6.40. The first-order valence-electron chi connectivity index (χ1n) is 5.65. The second-order valence-corrected chi connectivity index (χ2v) is 4.00. The molecule has 0 unspecified atom stereocenters. The fourth-order valence-electron chi connectivity index (χ4n) is 1.58. The van der Waals surface area contributed by atoms with Gasteiger partial charge in [-0.1, -0.05) is 26.7 Å². The van der Waals surface area contributed by atoms with Crippen molar-refractivity contribution in [3.05, 3.63) is 11.9 Å². The normalized spacial score (nSPS) is 10.8. The van der Waals surface area contributed by atoms with Crippen molar-refractivity contribution in [1.82, 2.24) is 15.1 Å². The Hall–Kier alpha value is -1.52. The van der Waals surface area contributed by atoms with Crippen LogP contribution in [0.2, 0.25) is 0 Å². The van der Waals surface area contributed by atoms with Gasteiger partial charge in [-0.2, -0.15) is 5.10 Å². The van der Waals surface area contributed by atoms with Crippen molar-refractivity contribution < 1.29 is 4.79 Å². The predicted octanol–water partition coefficient (Wildman–Crippen LogP) is 1.17. The Bertz CT molecular complexity index is 355. The molecular formula is C11H20N4O. The molecule has 1 amide bonds. The maximum absolute atomic E-state index is 11.7. The van der Waals surface area contributed by atoms with E-state index in [0.717, 1.165) is 12.8 Å². The Morgan fingerprint density at radius 1 is 1.56 bits per heavy atom. The number of carbonyl (C=O) groups is 1. The van der Waals surface area contributed by atoms with E-state index in [1.165, 1.54) is 0 Å². The van der Waals surface area contributed by atoms with Crippen molar-refractivity contribution in [3.8, 4) is 0 Å².